The largest absolute Gasteiger partial charge is 0.490 e. The molecule has 5 rings (SSSR count). The number of anilines is 1. The lowest BCUT2D eigenvalue weighted by Crippen LogP contribution is -2.29. The number of hydrogen-bond acceptors (Lipinski definition) is 6. The lowest BCUT2D eigenvalue weighted by Gasteiger charge is -2.28. The molecule has 0 amide bonds. The first-order chi connectivity index (χ1) is 16.9. The number of carbonyl (C=O) groups is 1. The van der Waals surface area contributed by atoms with E-state index >= 15 is 0 Å². The van der Waals surface area contributed by atoms with Gasteiger partial charge in [-0.15, -0.1) is 0 Å². The van der Waals surface area contributed by atoms with Gasteiger partial charge in [-0.1, -0.05) is 0 Å². The maximum atomic E-state index is 13.9. The average molecular weight is 520 g/mol. The Hall–Kier alpha value is -3.93. The lowest BCUT2D eigenvalue weighted by molar-refractivity contribution is -0.137. The van der Waals surface area contributed by atoms with Crippen molar-refractivity contribution in [3.63, 3.8) is 0 Å². The van der Waals surface area contributed by atoms with E-state index in [0.29, 0.717) is 24.6 Å². The molecule has 0 radical (unpaired) electrons. The minimum atomic E-state index is -4.62. The Kier molecular flexibility index (Phi) is 5.51. The number of aromatic nitrogens is 1. The van der Waals surface area contributed by atoms with Crippen molar-refractivity contribution in [1.82, 2.24) is 3.97 Å². The van der Waals surface area contributed by atoms with E-state index in [-0.39, 0.29) is 39.4 Å². The monoisotopic (exact) mass is 520 g/mol. The second-order valence-corrected chi connectivity index (χ2v) is 10.1. The first kappa shape index (κ1) is 23.8. The minimum Gasteiger partial charge on any atom is -0.490 e. The van der Waals surface area contributed by atoms with Crippen molar-refractivity contribution in [2.24, 2.45) is 0 Å². The van der Waals surface area contributed by atoms with Crippen LogP contribution in [0.5, 0.6) is 5.75 Å². The molecule has 2 aromatic heterocycles. The van der Waals surface area contributed by atoms with E-state index in [1.54, 1.807) is 7.05 Å². The topological polar surface area (TPSA) is 102 Å². The Morgan fingerprint density at radius 2 is 1.86 bits per heavy atom. The molecule has 0 atom stereocenters. The first-order valence-electron chi connectivity index (χ1n) is 10.7. The van der Waals surface area contributed by atoms with E-state index < -0.39 is 27.7 Å². The highest BCUT2D eigenvalue weighted by atomic mass is 32.2. The van der Waals surface area contributed by atoms with Crippen LogP contribution in [0.15, 0.2) is 63.9 Å². The van der Waals surface area contributed by atoms with Gasteiger partial charge >= 0.3 is 12.1 Å². The summed E-state index contributed by atoms with van der Waals surface area (Å²) in [7, 11) is -2.50. The number of alkyl halides is 3. The number of ether oxygens (including phenoxy) is 1. The van der Waals surface area contributed by atoms with Crippen LogP contribution in [-0.2, 0) is 22.6 Å². The van der Waals surface area contributed by atoms with Crippen LogP contribution in [0.4, 0.5) is 18.9 Å². The summed E-state index contributed by atoms with van der Waals surface area (Å²) in [5.74, 6) is -0.981. The van der Waals surface area contributed by atoms with Gasteiger partial charge in [-0.3, -0.25) is 0 Å². The number of halogens is 3. The fraction of sp³-hybridized carbons (Fsp3) is 0.208. The molecule has 0 aliphatic carbocycles. The normalized spacial score (nSPS) is 14.1. The quantitative estimate of drug-likeness (QED) is 0.410. The zero-order valence-corrected chi connectivity index (χ0v) is 19.6. The summed E-state index contributed by atoms with van der Waals surface area (Å²) in [5, 5.41) is 9.18. The number of benzene rings is 2. The molecule has 8 nitrogen and oxygen atoms in total. The van der Waals surface area contributed by atoms with E-state index in [0.717, 1.165) is 22.2 Å². The van der Waals surface area contributed by atoms with Gasteiger partial charge < -0.3 is 19.2 Å². The molecule has 0 saturated heterocycles. The molecule has 4 aromatic rings. The van der Waals surface area contributed by atoms with Gasteiger partial charge in [-0.25, -0.2) is 17.2 Å². The van der Waals surface area contributed by atoms with Crippen LogP contribution in [-0.4, -0.2) is 43.7 Å². The highest BCUT2D eigenvalue weighted by Gasteiger charge is 2.32. The number of furan rings is 1. The maximum Gasteiger partial charge on any atom is 0.416 e. The molecule has 1 N–H and O–H groups in total. The SMILES string of the molecule is CN1CCOc2ccc(S(=O)(=O)n3c(Cc4ccc(C(=O)O)o4)cc4cc(C(F)(F)F)ccc43)cc21. The Balaban J connectivity index is 1.68. The third kappa shape index (κ3) is 4.06. The van der Waals surface area contributed by atoms with Gasteiger partial charge in [-0.2, -0.15) is 13.2 Å². The highest BCUT2D eigenvalue weighted by Crippen LogP contribution is 2.37. The van der Waals surface area contributed by atoms with Gasteiger partial charge in [0.25, 0.3) is 10.0 Å². The smallest absolute Gasteiger partial charge is 0.416 e. The van der Waals surface area contributed by atoms with Crippen LogP contribution in [0.1, 0.15) is 27.6 Å². The summed E-state index contributed by atoms with van der Waals surface area (Å²) in [4.78, 5) is 12.9. The molecule has 12 heteroatoms. The van der Waals surface area contributed by atoms with Crippen molar-refractivity contribution >= 4 is 32.6 Å². The zero-order valence-electron chi connectivity index (χ0n) is 18.7. The van der Waals surface area contributed by atoms with Gasteiger partial charge in [0.2, 0.25) is 5.76 Å². The van der Waals surface area contributed by atoms with E-state index in [1.165, 1.54) is 36.4 Å². The second-order valence-electron chi connectivity index (χ2n) is 8.32. The molecular weight excluding hydrogens is 501 g/mol. The number of likely N-dealkylation sites (N-methyl/N-ethyl adjacent to an activating group) is 1. The first-order valence-corrected chi connectivity index (χ1v) is 12.2. The van der Waals surface area contributed by atoms with Gasteiger partial charge in [0.15, 0.2) is 0 Å². The molecule has 2 aromatic carbocycles. The van der Waals surface area contributed by atoms with Crippen molar-refractivity contribution < 1.29 is 40.6 Å². The third-order valence-corrected chi connectivity index (χ3v) is 7.71. The third-order valence-electron chi connectivity index (χ3n) is 5.95. The van der Waals surface area contributed by atoms with E-state index in [2.05, 4.69) is 0 Å². The number of fused-ring (bicyclic) bond motifs is 2. The summed E-state index contributed by atoms with van der Waals surface area (Å²) in [6.45, 7) is 1.00. The highest BCUT2D eigenvalue weighted by molar-refractivity contribution is 7.90. The molecule has 36 heavy (non-hydrogen) atoms. The summed E-state index contributed by atoms with van der Waals surface area (Å²) >= 11 is 0. The Labute approximate surface area is 203 Å². The summed E-state index contributed by atoms with van der Waals surface area (Å²) in [6, 6.07) is 11.1. The van der Waals surface area contributed by atoms with E-state index in [9.17, 15) is 26.4 Å². The molecule has 1 aliphatic heterocycles. The van der Waals surface area contributed by atoms with E-state index in [4.69, 9.17) is 14.3 Å². The molecule has 188 valence electrons. The fourth-order valence-electron chi connectivity index (χ4n) is 4.19. The molecular formula is C24H19F3N2O6S. The van der Waals surface area contributed by atoms with Crippen molar-refractivity contribution in [1.29, 1.82) is 0 Å². The lowest BCUT2D eigenvalue weighted by atomic mass is 10.1. The van der Waals surface area contributed by atoms with Crippen LogP contribution >= 0.6 is 0 Å². The molecule has 0 fully saturated rings. The van der Waals surface area contributed by atoms with Crippen molar-refractivity contribution in [2.45, 2.75) is 17.5 Å². The Bertz CT molecular complexity index is 1600. The summed E-state index contributed by atoms with van der Waals surface area (Å²) in [6.07, 6.45) is -4.79. The average Bonchev–Trinajstić information content (AvgIpc) is 3.43. The van der Waals surface area contributed by atoms with E-state index in [1.807, 2.05) is 4.90 Å². The Morgan fingerprint density at radius 1 is 1.08 bits per heavy atom. The van der Waals surface area contributed by atoms with Crippen molar-refractivity contribution in [3.05, 3.63) is 77.4 Å². The standard InChI is InChI=1S/C24H19F3N2O6S/c1-28-8-9-34-21-7-4-18(13-20(21)28)36(32,33)29-16(12-17-3-6-22(35-17)23(30)31)11-14-10-15(24(25,26)27)2-5-19(14)29/h2-7,10-11,13H,8-9,12H2,1H3,(H,30,31). The molecule has 0 bridgehead atoms. The minimum absolute atomic E-state index is 0.0466. The number of carboxylic acid groups (broad SMARTS) is 1. The number of hydrogen-bond donors (Lipinski definition) is 1. The van der Waals surface area contributed by atoms with Crippen LogP contribution in [0, 0.1) is 0 Å². The molecule has 0 saturated carbocycles. The number of rotatable bonds is 5. The summed E-state index contributed by atoms with van der Waals surface area (Å²) < 4.78 is 79.5. The van der Waals surface area contributed by atoms with Gasteiger partial charge in [0.05, 0.1) is 28.2 Å². The number of carboxylic acids is 1. The van der Waals surface area contributed by atoms with Gasteiger partial charge in [0.1, 0.15) is 18.1 Å². The maximum absolute atomic E-state index is 13.9. The number of nitrogens with zero attached hydrogens (tertiary/aromatic N) is 2. The van der Waals surface area contributed by atoms with Gasteiger partial charge in [0, 0.05) is 24.5 Å². The van der Waals surface area contributed by atoms with Crippen LogP contribution in [0.3, 0.4) is 0 Å². The van der Waals surface area contributed by atoms with Crippen molar-refractivity contribution in [3.8, 4) is 5.75 Å². The predicted octanol–water partition coefficient (Wildman–Crippen LogP) is 4.61. The second kappa shape index (κ2) is 8.33. The molecule has 0 unspecified atom stereocenters. The zero-order chi connectivity index (χ0) is 25.8. The van der Waals surface area contributed by atoms with Crippen LogP contribution in [0.25, 0.3) is 10.9 Å². The molecule has 3 heterocycles. The number of aromatic carboxylic acids is 1. The fourth-order valence-corrected chi connectivity index (χ4v) is 5.76. The van der Waals surface area contributed by atoms with Crippen LogP contribution < -0.4 is 9.64 Å². The molecule has 0 spiro atoms. The molecule has 1 aliphatic rings. The Morgan fingerprint density at radius 3 is 2.56 bits per heavy atom. The van der Waals surface area contributed by atoms with Gasteiger partial charge in [-0.05, 0) is 54.6 Å². The summed E-state index contributed by atoms with van der Waals surface area (Å²) in [5.41, 5.74) is -0.199. The predicted molar refractivity (Wildman–Crippen MR) is 123 cm³/mol. The van der Waals surface area contributed by atoms with Crippen molar-refractivity contribution in [2.75, 3.05) is 25.1 Å². The van der Waals surface area contributed by atoms with Crippen LogP contribution in [0.2, 0.25) is 0 Å².